The molecule has 0 atom stereocenters. The summed E-state index contributed by atoms with van der Waals surface area (Å²) in [5.41, 5.74) is 0.514. The number of halogens is 2. The van der Waals surface area contributed by atoms with E-state index in [0.717, 1.165) is 11.0 Å². The zero-order valence-electron chi connectivity index (χ0n) is 14.0. The molecule has 5 nitrogen and oxygen atoms in total. The number of hydrogen-bond donors (Lipinski definition) is 0. The molecule has 26 heavy (non-hydrogen) atoms. The van der Waals surface area contributed by atoms with E-state index in [-0.39, 0.29) is 23.9 Å². The molecule has 0 aliphatic heterocycles. The van der Waals surface area contributed by atoms with Crippen LogP contribution in [0, 0.1) is 6.92 Å². The third-order valence-electron chi connectivity index (χ3n) is 3.18. The maximum atomic E-state index is 12.3. The van der Waals surface area contributed by atoms with E-state index in [1.54, 1.807) is 6.07 Å². The summed E-state index contributed by atoms with van der Waals surface area (Å²) >= 11 is 1.33. The highest BCUT2D eigenvalue weighted by Crippen LogP contribution is 2.29. The average Bonchev–Trinajstić information content (AvgIpc) is 3.04. The van der Waals surface area contributed by atoms with Crippen molar-refractivity contribution in [3.63, 3.8) is 0 Å². The molecule has 2 aromatic rings. The summed E-state index contributed by atoms with van der Waals surface area (Å²) in [7, 11) is 1.31. The van der Waals surface area contributed by atoms with Gasteiger partial charge in [-0.15, -0.1) is 11.3 Å². The average molecular weight is 382 g/mol. The van der Waals surface area contributed by atoms with Gasteiger partial charge in [0, 0.05) is 11.0 Å². The minimum absolute atomic E-state index is 0.101. The number of rotatable bonds is 8. The molecule has 0 fully saturated rings. The SMILES string of the molecule is COc1cc(C=CC(=O)OCC(=O)c2ccc(C)s2)ccc1OC(F)F. The van der Waals surface area contributed by atoms with Crippen LogP contribution in [0.3, 0.4) is 0 Å². The normalized spacial score (nSPS) is 11.0. The molecule has 0 radical (unpaired) electrons. The standard InChI is InChI=1S/C18H16F2O5S/c1-11-3-7-16(26-11)13(21)10-24-17(22)8-5-12-4-6-14(25-18(19)20)15(9-12)23-2/h3-9,18H,10H2,1-2H3. The summed E-state index contributed by atoms with van der Waals surface area (Å²) in [5.74, 6) is -0.985. The van der Waals surface area contributed by atoms with Crippen molar-refractivity contribution in [2.24, 2.45) is 0 Å². The van der Waals surface area contributed by atoms with Crippen molar-refractivity contribution in [2.75, 3.05) is 13.7 Å². The second kappa shape index (κ2) is 9.10. The van der Waals surface area contributed by atoms with E-state index < -0.39 is 12.6 Å². The number of carbonyl (C=O) groups is 2. The number of carbonyl (C=O) groups excluding carboxylic acids is 2. The summed E-state index contributed by atoms with van der Waals surface area (Å²) in [6.07, 6.45) is 2.55. The van der Waals surface area contributed by atoms with Gasteiger partial charge in [0.2, 0.25) is 5.78 Å². The number of esters is 1. The summed E-state index contributed by atoms with van der Waals surface area (Å²) < 4.78 is 38.8. The minimum atomic E-state index is -2.97. The molecular formula is C18H16F2O5S. The lowest BCUT2D eigenvalue weighted by atomic mass is 10.2. The number of benzene rings is 1. The van der Waals surface area contributed by atoms with E-state index in [1.165, 1.54) is 42.7 Å². The van der Waals surface area contributed by atoms with Crippen LogP contribution in [-0.4, -0.2) is 32.1 Å². The molecule has 1 heterocycles. The van der Waals surface area contributed by atoms with Crippen molar-refractivity contribution in [3.8, 4) is 11.5 Å². The summed E-state index contributed by atoms with van der Waals surface area (Å²) in [6.45, 7) is -1.44. The molecule has 0 amide bonds. The van der Waals surface area contributed by atoms with Crippen molar-refractivity contribution in [1.29, 1.82) is 0 Å². The first kappa shape index (κ1) is 19.6. The van der Waals surface area contributed by atoms with Crippen molar-refractivity contribution >= 4 is 29.2 Å². The molecule has 0 N–H and O–H groups in total. The van der Waals surface area contributed by atoms with Gasteiger partial charge in [-0.25, -0.2) is 4.79 Å². The van der Waals surface area contributed by atoms with E-state index in [0.29, 0.717) is 10.4 Å². The van der Waals surface area contributed by atoms with E-state index in [2.05, 4.69) is 4.74 Å². The van der Waals surface area contributed by atoms with Crippen LogP contribution in [0.1, 0.15) is 20.1 Å². The number of ketones is 1. The zero-order chi connectivity index (χ0) is 19.1. The first-order valence-electron chi connectivity index (χ1n) is 7.46. The Bertz CT molecular complexity index is 814. The molecule has 0 aliphatic carbocycles. The van der Waals surface area contributed by atoms with Gasteiger partial charge >= 0.3 is 12.6 Å². The van der Waals surface area contributed by atoms with Crippen LogP contribution >= 0.6 is 11.3 Å². The predicted octanol–water partition coefficient (Wildman–Crippen LogP) is 4.11. The molecule has 2 rings (SSSR count). The molecule has 0 bridgehead atoms. The molecule has 0 saturated carbocycles. The Morgan fingerprint density at radius 3 is 2.58 bits per heavy atom. The first-order valence-corrected chi connectivity index (χ1v) is 8.28. The Kier molecular flexibility index (Phi) is 6.85. The number of ether oxygens (including phenoxy) is 3. The third-order valence-corrected chi connectivity index (χ3v) is 4.22. The number of hydrogen-bond acceptors (Lipinski definition) is 6. The fourth-order valence-corrected chi connectivity index (χ4v) is 2.78. The van der Waals surface area contributed by atoms with E-state index in [1.807, 2.05) is 13.0 Å². The Labute approximate surface area is 152 Å². The molecule has 0 unspecified atom stereocenters. The number of methoxy groups -OCH3 is 1. The Balaban J connectivity index is 1.93. The number of thiophene rings is 1. The van der Waals surface area contributed by atoms with Crippen LogP contribution in [0.4, 0.5) is 8.78 Å². The second-order valence-corrected chi connectivity index (χ2v) is 6.35. The monoisotopic (exact) mass is 382 g/mol. The van der Waals surface area contributed by atoms with Gasteiger partial charge in [-0.05, 0) is 42.8 Å². The lowest BCUT2D eigenvalue weighted by Crippen LogP contribution is -2.11. The van der Waals surface area contributed by atoms with Crippen LogP contribution in [0.25, 0.3) is 6.08 Å². The first-order chi connectivity index (χ1) is 12.4. The number of Topliss-reactive ketones (excluding diaryl/α,β-unsaturated/α-hetero) is 1. The van der Waals surface area contributed by atoms with Gasteiger partial charge in [0.15, 0.2) is 18.1 Å². The molecule has 0 aliphatic rings. The minimum Gasteiger partial charge on any atom is -0.493 e. The summed E-state index contributed by atoms with van der Waals surface area (Å²) in [6, 6.07) is 7.71. The fraction of sp³-hybridized carbons (Fsp3) is 0.222. The largest absolute Gasteiger partial charge is 0.493 e. The highest BCUT2D eigenvalue weighted by atomic mass is 32.1. The van der Waals surface area contributed by atoms with Crippen molar-refractivity contribution in [1.82, 2.24) is 0 Å². The van der Waals surface area contributed by atoms with Gasteiger partial charge in [-0.3, -0.25) is 4.79 Å². The number of alkyl halides is 2. The fourth-order valence-electron chi connectivity index (χ4n) is 1.99. The molecule has 138 valence electrons. The van der Waals surface area contributed by atoms with Crippen LogP contribution in [-0.2, 0) is 9.53 Å². The molecule has 0 saturated heterocycles. The van der Waals surface area contributed by atoms with Crippen molar-refractivity contribution in [2.45, 2.75) is 13.5 Å². The second-order valence-electron chi connectivity index (χ2n) is 5.06. The van der Waals surface area contributed by atoms with Gasteiger partial charge < -0.3 is 14.2 Å². The van der Waals surface area contributed by atoms with E-state index in [4.69, 9.17) is 9.47 Å². The van der Waals surface area contributed by atoms with E-state index >= 15 is 0 Å². The van der Waals surface area contributed by atoms with Gasteiger partial charge in [0.25, 0.3) is 0 Å². The van der Waals surface area contributed by atoms with Gasteiger partial charge in [-0.1, -0.05) is 6.07 Å². The molecule has 1 aromatic carbocycles. The quantitative estimate of drug-likeness (QED) is 0.391. The van der Waals surface area contributed by atoms with E-state index in [9.17, 15) is 18.4 Å². The topological polar surface area (TPSA) is 61.8 Å². The Morgan fingerprint density at radius 1 is 1.19 bits per heavy atom. The third kappa shape index (κ3) is 5.66. The maximum absolute atomic E-state index is 12.3. The number of aryl methyl sites for hydroxylation is 1. The predicted molar refractivity (Wildman–Crippen MR) is 93.0 cm³/mol. The van der Waals surface area contributed by atoms with Crippen LogP contribution in [0.15, 0.2) is 36.4 Å². The van der Waals surface area contributed by atoms with Gasteiger partial charge in [-0.2, -0.15) is 8.78 Å². The smallest absolute Gasteiger partial charge is 0.387 e. The highest BCUT2D eigenvalue weighted by Gasteiger charge is 2.12. The van der Waals surface area contributed by atoms with Crippen LogP contribution in [0.5, 0.6) is 11.5 Å². The molecule has 0 spiro atoms. The summed E-state index contributed by atoms with van der Waals surface area (Å²) in [4.78, 5) is 25.1. The maximum Gasteiger partial charge on any atom is 0.387 e. The Morgan fingerprint density at radius 2 is 1.96 bits per heavy atom. The highest BCUT2D eigenvalue weighted by molar-refractivity contribution is 7.14. The molecule has 8 heteroatoms. The lowest BCUT2D eigenvalue weighted by molar-refractivity contribution is -0.136. The zero-order valence-corrected chi connectivity index (χ0v) is 14.8. The van der Waals surface area contributed by atoms with Gasteiger partial charge in [0.05, 0.1) is 12.0 Å². The van der Waals surface area contributed by atoms with Crippen molar-refractivity contribution < 1.29 is 32.6 Å². The lowest BCUT2D eigenvalue weighted by Gasteiger charge is -2.10. The molecular weight excluding hydrogens is 366 g/mol. The van der Waals surface area contributed by atoms with Crippen molar-refractivity contribution in [3.05, 3.63) is 51.7 Å². The Hall–Kier alpha value is -2.74. The van der Waals surface area contributed by atoms with Crippen LogP contribution in [0.2, 0.25) is 0 Å². The summed E-state index contributed by atoms with van der Waals surface area (Å²) in [5, 5.41) is 0. The molecule has 1 aromatic heterocycles. The van der Waals surface area contributed by atoms with Gasteiger partial charge in [0.1, 0.15) is 0 Å². The van der Waals surface area contributed by atoms with Crippen LogP contribution < -0.4 is 9.47 Å².